The zero-order valence-corrected chi connectivity index (χ0v) is 22.0. The van der Waals surface area contributed by atoms with Crippen LogP contribution in [0.5, 0.6) is 5.75 Å². The van der Waals surface area contributed by atoms with Crippen molar-refractivity contribution >= 4 is 46.2 Å². The highest BCUT2D eigenvalue weighted by atomic mass is 32.2. The number of amides is 3. The Hall–Kier alpha value is -3.66. The fourth-order valence-corrected chi connectivity index (χ4v) is 4.85. The van der Waals surface area contributed by atoms with Crippen LogP contribution in [0.2, 0.25) is 0 Å². The quantitative estimate of drug-likeness (QED) is 0.498. The van der Waals surface area contributed by atoms with Crippen molar-refractivity contribution in [1.82, 2.24) is 15.5 Å². The van der Waals surface area contributed by atoms with Crippen LogP contribution in [0.25, 0.3) is 0 Å². The molecule has 0 aromatic heterocycles. The van der Waals surface area contributed by atoms with Gasteiger partial charge in [-0.2, -0.15) is 0 Å². The van der Waals surface area contributed by atoms with E-state index in [-0.39, 0.29) is 42.4 Å². The Balaban J connectivity index is 1.41. The number of para-hydroxylation sites is 2. The molecule has 0 radical (unpaired) electrons. The summed E-state index contributed by atoms with van der Waals surface area (Å²) in [5.41, 5.74) is 2.33. The Bertz CT molecular complexity index is 1240. The first-order valence-corrected chi connectivity index (χ1v) is 13.3. The highest BCUT2D eigenvalue weighted by molar-refractivity contribution is 8.14. The van der Waals surface area contributed by atoms with E-state index >= 15 is 0 Å². The van der Waals surface area contributed by atoms with Gasteiger partial charge in [0.1, 0.15) is 17.6 Å². The maximum absolute atomic E-state index is 13.4. The van der Waals surface area contributed by atoms with Crippen molar-refractivity contribution in [3.63, 3.8) is 0 Å². The van der Waals surface area contributed by atoms with Crippen molar-refractivity contribution in [2.75, 3.05) is 12.9 Å². The van der Waals surface area contributed by atoms with Crippen LogP contribution in [-0.4, -0.2) is 58.6 Å². The molecule has 2 aliphatic rings. The van der Waals surface area contributed by atoms with Crippen LogP contribution in [0.15, 0.2) is 58.5 Å². The van der Waals surface area contributed by atoms with Gasteiger partial charge in [-0.1, -0.05) is 49.0 Å². The van der Waals surface area contributed by atoms with Crippen molar-refractivity contribution < 1.29 is 19.1 Å². The summed E-state index contributed by atoms with van der Waals surface area (Å²) in [7, 11) is 1.59. The minimum absolute atomic E-state index is 0.0752. The zero-order valence-electron chi connectivity index (χ0n) is 21.2. The fourth-order valence-electron chi connectivity index (χ4n) is 4.03. The number of carbonyl (C=O) groups is 3. The number of hydrogen-bond donors (Lipinski definition) is 2. The molecule has 0 aliphatic carbocycles. The fraction of sp³-hybridized carbons (Fsp3) is 0.370. The van der Waals surface area contributed by atoms with Gasteiger partial charge in [0, 0.05) is 30.1 Å². The summed E-state index contributed by atoms with van der Waals surface area (Å²) in [6, 6.07) is 14.3. The van der Waals surface area contributed by atoms with Crippen LogP contribution >= 0.6 is 11.8 Å². The number of amidine groups is 2. The average Bonchev–Trinajstić information content (AvgIpc) is 3.25. The van der Waals surface area contributed by atoms with Gasteiger partial charge in [0.2, 0.25) is 11.8 Å². The van der Waals surface area contributed by atoms with Gasteiger partial charge < -0.3 is 15.4 Å². The molecule has 0 saturated carbocycles. The number of hydrogen-bond acceptors (Lipinski definition) is 7. The summed E-state index contributed by atoms with van der Waals surface area (Å²) in [6.07, 6.45) is 1.25. The first-order chi connectivity index (χ1) is 17.9. The number of fused-ring (bicyclic) bond motifs is 3. The normalized spacial score (nSPS) is 16.8. The Kier molecular flexibility index (Phi) is 8.60. The SMILES string of the molecule is CC[C@@H](C)NC(=O)CSC1=Nc2ccccc2C2=N[C@@H](CCC(=O)NCc3ccccc3OC)C(=O)N12. The van der Waals surface area contributed by atoms with Crippen molar-refractivity contribution in [3.8, 4) is 5.75 Å². The molecule has 0 fully saturated rings. The Morgan fingerprint density at radius 3 is 2.68 bits per heavy atom. The van der Waals surface area contributed by atoms with E-state index in [1.165, 1.54) is 16.7 Å². The predicted molar refractivity (Wildman–Crippen MR) is 145 cm³/mol. The van der Waals surface area contributed by atoms with E-state index in [4.69, 9.17) is 4.74 Å². The van der Waals surface area contributed by atoms with Crippen molar-refractivity contribution in [3.05, 3.63) is 59.7 Å². The van der Waals surface area contributed by atoms with Crippen molar-refractivity contribution in [1.29, 1.82) is 0 Å². The lowest BCUT2D eigenvalue weighted by Gasteiger charge is -2.25. The molecular formula is C27H31N5O4S. The van der Waals surface area contributed by atoms with Gasteiger partial charge in [-0.15, -0.1) is 0 Å². The van der Waals surface area contributed by atoms with Gasteiger partial charge in [0.25, 0.3) is 5.91 Å². The number of carbonyl (C=O) groups excluding carboxylic acids is 3. The topological polar surface area (TPSA) is 112 Å². The molecule has 2 heterocycles. The largest absolute Gasteiger partial charge is 0.496 e. The third kappa shape index (κ3) is 6.19. The molecule has 0 unspecified atom stereocenters. The Morgan fingerprint density at radius 1 is 1.14 bits per heavy atom. The molecule has 2 N–H and O–H groups in total. The summed E-state index contributed by atoms with van der Waals surface area (Å²) in [6.45, 7) is 4.29. The van der Waals surface area contributed by atoms with E-state index in [2.05, 4.69) is 20.6 Å². The molecule has 2 atom stereocenters. The van der Waals surface area contributed by atoms with Gasteiger partial charge in [0.05, 0.1) is 18.6 Å². The molecule has 37 heavy (non-hydrogen) atoms. The predicted octanol–water partition coefficient (Wildman–Crippen LogP) is 3.40. The van der Waals surface area contributed by atoms with Crippen LogP contribution in [0.1, 0.15) is 44.2 Å². The third-order valence-corrected chi connectivity index (χ3v) is 7.15. The second-order valence-corrected chi connectivity index (χ2v) is 9.79. The highest BCUT2D eigenvalue weighted by Gasteiger charge is 2.41. The first kappa shape index (κ1) is 26.4. The van der Waals surface area contributed by atoms with E-state index in [9.17, 15) is 14.4 Å². The van der Waals surface area contributed by atoms with E-state index in [0.29, 0.717) is 29.0 Å². The van der Waals surface area contributed by atoms with Crippen LogP contribution < -0.4 is 15.4 Å². The van der Waals surface area contributed by atoms with E-state index in [1.54, 1.807) is 7.11 Å². The van der Waals surface area contributed by atoms with E-state index < -0.39 is 6.04 Å². The third-order valence-electron chi connectivity index (χ3n) is 6.21. The minimum atomic E-state index is -0.696. The Morgan fingerprint density at radius 2 is 1.89 bits per heavy atom. The summed E-state index contributed by atoms with van der Waals surface area (Å²) in [5.74, 6) is 0.829. The second kappa shape index (κ2) is 12.1. The summed E-state index contributed by atoms with van der Waals surface area (Å²) in [5, 5.41) is 6.24. The lowest BCUT2D eigenvalue weighted by molar-refractivity contribution is -0.125. The van der Waals surface area contributed by atoms with Crippen molar-refractivity contribution in [2.45, 2.75) is 51.7 Å². The van der Waals surface area contributed by atoms with Crippen LogP contribution in [0.3, 0.4) is 0 Å². The molecule has 4 rings (SSSR count). The zero-order chi connectivity index (χ0) is 26.4. The Labute approximate surface area is 220 Å². The maximum atomic E-state index is 13.4. The average molecular weight is 522 g/mol. The van der Waals surface area contributed by atoms with Gasteiger partial charge >= 0.3 is 0 Å². The molecule has 194 valence electrons. The number of benzene rings is 2. The summed E-state index contributed by atoms with van der Waals surface area (Å²) >= 11 is 1.21. The standard InChI is InChI=1S/C27H31N5O4S/c1-4-17(2)29-24(34)16-37-27-31-20-11-7-6-10-19(20)25-30-21(26(35)32(25)27)13-14-23(33)28-15-18-9-5-8-12-22(18)36-3/h5-12,17,21H,4,13-16H2,1-3H3,(H,28,33)(H,29,34)/t17-,21+/m1/s1. The minimum Gasteiger partial charge on any atom is -0.496 e. The molecular weight excluding hydrogens is 490 g/mol. The van der Waals surface area contributed by atoms with E-state index in [1.807, 2.05) is 62.4 Å². The van der Waals surface area contributed by atoms with Crippen LogP contribution in [0.4, 0.5) is 5.69 Å². The monoisotopic (exact) mass is 521 g/mol. The number of nitrogens with one attached hydrogen (secondary N) is 2. The molecule has 0 spiro atoms. The molecule has 0 bridgehead atoms. The second-order valence-electron chi connectivity index (χ2n) is 8.85. The van der Waals surface area contributed by atoms with Gasteiger partial charge in [-0.3, -0.25) is 19.4 Å². The molecule has 0 saturated heterocycles. The molecule has 10 heteroatoms. The van der Waals surface area contributed by atoms with Crippen LogP contribution in [0, 0.1) is 0 Å². The molecule has 9 nitrogen and oxygen atoms in total. The number of nitrogens with zero attached hydrogens (tertiary/aromatic N) is 3. The first-order valence-electron chi connectivity index (χ1n) is 12.3. The summed E-state index contributed by atoms with van der Waals surface area (Å²) < 4.78 is 5.33. The smallest absolute Gasteiger partial charge is 0.259 e. The molecule has 2 aliphatic heterocycles. The molecule has 2 aromatic rings. The van der Waals surface area contributed by atoms with E-state index in [0.717, 1.165) is 17.5 Å². The highest BCUT2D eigenvalue weighted by Crippen LogP contribution is 2.34. The van der Waals surface area contributed by atoms with Gasteiger partial charge in [0.15, 0.2) is 5.17 Å². The van der Waals surface area contributed by atoms with Gasteiger partial charge in [-0.25, -0.2) is 9.89 Å². The maximum Gasteiger partial charge on any atom is 0.259 e. The van der Waals surface area contributed by atoms with Crippen molar-refractivity contribution in [2.24, 2.45) is 9.98 Å². The molecule has 2 aromatic carbocycles. The summed E-state index contributed by atoms with van der Waals surface area (Å²) in [4.78, 5) is 49.1. The number of rotatable bonds is 10. The molecule has 3 amide bonds. The lowest BCUT2D eigenvalue weighted by atomic mass is 10.1. The lowest BCUT2D eigenvalue weighted by Crippen LogP contribution is -2.42. The number of aliphatic imine (C=N–C) groups is 2. The number of ether oxygens (including phenoxy) is 1. The number of methoxy groups -OCH3 is 1. The number of thioether (sulfide) groups is 1. The van der Waals surface area contributed by atoms with Gasteiger partial charge in [-0.05, 0) is 38.0 Å². The van der Waals surface area contributed by atoms with Crippen LogP contribution in [-0.2, 0) is 20.9 Å².